The summed E-state index contributed by atoms with van der Waals surface area (Å²) in [6, 6.07) is 9.86. The van der Waals surface area contributed by atoms with Gasteiger partial charge in [0.05, 0.1) is 11.8 Å². The molecular formula is C16H15F2NO5S. The van der Waals surface area contributed by atoms with Crippen molar-refractivity contribution in [3.63, 3.8) is 0 Å². The highest BCUT2D eigenvalue weighted by atomic mass is 32.2. The van der Waals surface area contributed by atoms with E-state index in [1.807, 2.05) is 0 Å². The molecule has 0 aromatic heterocycles. The Morgan fingerprint density at radius 2 is 1.56 bits per heavy atom. The third kappa shape index (κ3) is 4.44. The zero-order valence-electron chi connectivity index (χ0n) is 13.3. The van der Waals surface area contributed by atoms with E-state index in [9.17, 15) is 22.0 Å². The molecule has 0 bridgehead atoms. The van der Waals surface area contributed by atoms with Gasteiger partial charge in [-0.25, -0.2) is 13.6 Å². The van der Waals surface area contributed by atoms with E-state index in [2.05, 4.69) is 4.18 Å². The normalized spacial score (nSPS) is 11.2. The van der Waals surface area contributed by atoms with Crippen LogP contribution in [-0.4, -0.2) is 20.6 Å². The van der Waals surface area contributed by atoms with Crippen molar-refractivity contribution in [1.82, 2.24) is 0 Å². The highest BCUT2D eigenvalue weighted by Gasteiger charge is 2.35. The number of rotatable bonds is 5. The van der Waals surface area contributed by atoms with Gasteiger partial charge in [0.25, 0.3) is 0 Å². The molecule has 2 aromatic rings. The van der Waals surface area contributed by atoms with E-state index in [-0.39, 0.29) is 9.99 Å². The largest absolute Gasteiger partial charge is 0.446 e. The molecule has 0 N–H and O–H groups in total. The maximum Gasteiger partial charge on any atom is 0.431 e. The average molecular weight is 371 g/mol. The minimum absolute atomic E-state index is 0.107. The zero-order valence-corrected chi connectivity index (χ0v) is 14.2. The molecule has 0 aliphatic rings. The summed E-state index contributed by atoms with van der Waals surface area (Å²) < 4.78 is 62.0. The van der Waals surface area contributed by atoms with Gasteiger partial charge in [-0.3, -0.25) is 0 Å². The Bertz CT molecular complexity index is 836. The minimum Gasteiger partial charge on any atom is -0.446 e. The van der Waals surface area contributed by atoms with Crippen molar-refractivity contribution in [1.29, 1.82) is 0 Å². The fraction of sp³-hybridized carbons (Fsp3) is 0.188. The first kappa shape index (κ1) is 18.7. The lowest BCUT2D eigenvalue weighted by atomic mass is 10.3. The Morgan fingerprint density at radius 1 is 1.00 bits per heavy atom. The van der Waals surface area contributed by atoms with Crippen LogP contribution in [0.15, 0.2) is 48.5 Å². The lowest BCUT2D eigenvalue weighted by Gasteiger charge is -2.22. The third-order valence-corrected chi connectivity index (χ3v) is 4.01. The van der Waals surface area contributed by atoms with Gasteiger partial charge >= 0.3 is 16.4 Å². The first-order valence-electron chi connectivity index (χ1n) is 7.17. The summed E-state index contributed by atoms with van der Waals surface area (Å²) in [5, 5.41) is 0. The maximum absolute atomic E-state index is 13.7. The van der Waals surface area contributed by atoms with Crippen LogP contribution in [0.1, 0.15) is 13.8 Å². The third-order valence-electron chi connectivity index (χ3n) is 2.82. The maximum atomic E-state index is 13.7. The van der Waals surface area contributed by atoms with Gasteiger partial charge in [-0.05, 0) is 38.1 Å². The van der Waals surface area contributed by atoms with E-state index < -0.39 is 39.9 Å². The molecule has 2 aromatic carbocycles. The van der Waals surface area contributed by atoms with E-state index >= 15 is 0 Å². The number of hydrogen-bond acceptors (Lipinski definition) is 5. The highest BCUT2D eigenvalue weighted by Crippen LogP contribution is 2.26. The number of hydrogen-bond donors (Lipinski definition) is 0. The SMILES string of the molecule is CC(C)OC(=O)N(c1ccccc1)S(=O)(=O)Oc1c(F)cccc1F. The van der Waals surface area contributed by atoms with E-state index in [0.29, 0.717) is 0 Å². The number of para-hydroxylation sites is 2. The molecule has 0 saturated heterocycles. The summed E-state index contributed by atoms with van der Waals surface area (Å²) in [6.45, 7) is 3.04. The Kier molecular flexibility index (Phi) is 5.58. The monoisotopic (exact) mass is 371 g/mol. The molecular weight excluding hydrogens is 356 g/mol. The van der Waals surface area contributed by atoms with Crippen molar-refractivity contribution in [2.45, 2.75) is 20.0 Å². The lowest BCUT2D eigenvalue weighted by molar-refractivity contribution is 0.126. The van der Waals surface area contributed by atoms with Crippen LogP contribution < -0.4 is 8.49 Å². The summed E-state index contributed by atoms with van der Waals surface area (Å²) in [5.41, 5.74) is -0.107. The molecule has 25 heavy (non-hydrogen) atoms. The van der Waals surface area contributed by atoms with E-state index in [1.54, 1.807) is 6.07 Å². The summed E-state index contributed by atoms with van der Waals surface area (Å²) in [6.07, 6.45) is -1.89. The molecule has 0 aliphatic heterocycles. The predicted molar refractivity (Wildman–Crippen MR) is 86.4 cm³/mol. The Hall–Kier alpha value is -2.68. The van der Waals surface area contributed by atoms with Crippen molar-refractivity contribution in [3.8, 4) is 5.75 Å². The molecule has 0 atom stereocenters. The molecule has 0 fully saturated rings. The van der Waals surface area contributed by atoms with Crippen molar-refractivity contribution in [2.75, 3.05) is 4.31 Å². The second kappa shape index (κ2) is 7.47. The van der Waals surface area contributed by atoms with Crippen LogP contribution in [0.4, 0.5) is 19.3 Å². The van der Waals surface area contributed by atoms with Crippen molar-refractivity contribution in [3.05, 3.63) is 60.2 Å². The van der Waals surface area contributed by atoms with Crippen molar-refractivity contribution in [2.24, 2.45) is 0 Å². The number of carbonyl (C=O) groups excluding carboxylic acids is 1. The Morgan fingerprint density at radius 3 is 2.08 bits per heavy atom. The number of amides is 1. The Balaban J connectivity index is 2.47. The van der Waals surface area contributed by atoms with Crippen LogP contribution in [0.5, 0.6) is 5.75 Å². The smallest absolute Gasteiger partial charge is 0.431 e. The summed E-state index contributed by atoms with van der Waals surface area (Å²) >= 11 is 0. The number of halogens is 2. The molecule has 0 heterocycles. The predicted octanol–water partition coefficient (Wildman–Crippen LogP) is 3.64. The molecule has 0 aliphatic carbocycles. The zero-order chi connectivity index (χ0) is 18.6. The van der Waals surface area contributed by atoms with Gasteiger partial charge in [-0.15, -0.1) is 4.31 Å². The average Bonchev–Trinajstić information content (AvgIpc) is 2.51. The van der Waals surface area contributed by atoms with Gasteiger partial charge < -0.3 is 8.92 Å². The lowest BCUT2D eigenvalue weighted by Crippen LogP contribution is -2.41. The molecule has 0 unspecified atom stereocenters. The molecule has 0 saturated carbocycles. The molecule has 0 radical (unpaired) electrons. The fourth-order valence-electron chi connectivity index (χ4n) is 1.84. The van der Waals surface area contributed by atoms with Crippen LogP contribution in [0.3, 0.4) is 0 Å². The van der Waals surface area contributed by atoms with Gasteiger partial charge in [0, 0.05) is 0 Å². The van der Waals surface area contributed by atoms with Gasteiger partial charge in [0.1, 0.15) is 0 Å². The van der Waals surface area contributed by atoms with E-state index in [0.717, 1.165) is 18.2 Å². The molecule has 6 nitrogen and oxygen atoms in total. The van der Waals surface area contributed by atoms with Crippen LogP contribution in [0, 0.1) is 11.6 Å². The first-order chi connectivity index (χ1) is 11.7. The minimum atomic E-state index is -4.94. The summed E-state index contributed by atoms with van der Waals surface area (Å²) in [5.74, 6) is -3.59. The van der Waals surface area contributed by atoms with Crippen molar-refractivity contribution >= 4 is 22.1 Å². The molecule has 9 heteroatoms. The number of nitrogens with zero attached hydrogens (tertiary/aromatic N) is 1. The Labute approximate surface area is 143 Å². The van der Waals surface area contributed by atoms with Gasteiger partial charge in [-0.2, -0.15) is 8.42 Å². The van der Waals surface area contributed by atoms with Crippen LogP contribution in [0.25, 0.3) is 0 Å². The molecule has 1 amide bonds. The van der Waals surface area contributed by atoms with Gasteiger partial charge in [0.2, 0.25) is 5.75 Å². The molecule has 134 valence electrons. The van der Waals surface area contributed by atoms with E-state index in [4.69, 9.17) is 4.74 Å². The highest BCUT2D eigenvalue weighted by molar-refractivity contribution is 7.89. The number of ether oxygens (including phenoxy) is 1. The summed E-state index contributed by atoms with van der Waals surface area (Å²) in [4.78, 5) is 12.2. The topological polar surface area (TPSA) is 72.9 Å². The second-order valence-corrected chi connectivity index (χ2v) is 6.51. The quantitative estimate of drug-likeness (QED) is 0.802. The van der Waals surface area contributed by atoms with Crippen molar-refractivity contribution < 1.29 is 30.9 Å². The first-order valence-corrected chi connectivity index (χ1v) is 8.53. The number of benzene rings is 2. The van der Waals surface area contributed by atoms with Crippen LogP contribution in [0.2, 0.25) is 0 Å². The van der Waals surface area contributed by atoms with Crippen LogP contribution >= 0.6 is 0 Å². The summed E-state index contributed by atoms with van der Waals surface area (Å²) in [7, 11) is -4.94. The van der Waals surface area contributed by atoms with Gasteiger partial charge in [0.15, 0.2) is 11.6 Å². The van der Waals surface area contributed by atoms with Gasteiger partial charge in [-0.1, -0.05) is 24.3 Å². The molecule has 0 spiro atoms. The number of anilines is 1. The fourth-order valence-corrected chi connectivity index (χ4v) is 2.89. The second-order valence-electron chi connectivity index (χ2n) is 5.12. The van der Waals surface area contributed by atoms with Crippen LogP contribution in [-0.2, 0) is 15.0 Å². The molecule has 2 rings (SSSR count). The number of carbonyl (C=O) groups is 1. The standard InChI is InChI=1S/C16H15F2NO5S/c1-11(2)23-16(20)19(12-7-4-3-5-8-12)25(21,22)24-15-13(17)9-6-10-14(15)18/h3-11H,1-2H3. The van der Waals surface area contributed by atoms with E-state index in [1.165, 1.54) is 38.1 Å².